The van der Waals surface area contributed by atoms with E-state index in [-0.39, 0.29) is 12.5 Å². The molecule has 0 aliphatic heterocycles. The van der Waals surface area contributed by atoms with Crippen LogP contribution in [-0.2, 0) is 16.1 Å². The number of ether oxygens (including phenoxy) is 1. The average Bonchev–Trinajstić information content (AvgIpc) is 2.36. The predicted octanol–water partition coefficient (Wildman–Crippen LogP) is 1.82. The summed E-state index contributed by atoms with van der Waals surface area (Å²) >= 11 is 0. The van der Waals surface area contributed by atoms with Gasteiger partial charge in [-0.25, -0.2) is 0 Å². The number of methoxy groups -OCH3 is 1. The summed E-state index contributed by atoms with van der Waals surface area (Å²) in [4.78, 5) is 13.9. The number of carbonyl (C=O) groups excluding carboxylic acids is 1. The standard InChI is InChI=1S/C15H23NO3/c1-12(19-4)14(17)16(11-15(2,3)18)10-13-8-6-5-7-9-13/h5-9,12,18H,10-11H2,1-4H3. The smallest absolute Gasteiger partial charge is 0.251 e. The molecular formula is C15H23NO3. The minimum absolute atomic E-state index is 0.117. The summed E-state index contributed by atoms with van der Waals surface area (Å²) in [5, 5.41) is 9.93. The summed E-state index contributed by atoms with van der Waals surface area (Å²) in [5.74, 6) is -0.117. The lowest BCUT2D eigenvalue weighted by Gasteiger charge is -2.30. The molecule has 1 N–H and O–H groups in total. The molecule has 0 heterocycles. The molecule has 0 aromatic heterocycles. The van der Waals surface area contributed by atoms with E-state index in [1.807, 2.05) is 30.3 Å². The molecule has 1 amide bonds. The van der Waals surface area contributed by atoms with Gasteiger partial charge in [-0.2, -0.15) is 0 Å². The number of carbonyl (C=O) groups is 1. The van der Waals surface area contributed by atoms with E-state index in [2.05, 4.69) is 0 Å². The van der Waals surface area contributed by atoms with Gasteiger partial charge < -0.3 is 14.7 Å². The van der Waals surface area contributed by atoms with Gasteiger partial charge in [0.2, 0.25) is 0 Å². The summed E-state index contributed by atoms with van der Waals surface area (Å²) in [6, 6.07) is 9.72. The minimum Gasteiger partial charge on any atom is -0.389 e. The van der Waals surface area contributed by atoms with Crippen LogP contribution in [-0.4, -0.2) is 41.3 Å². The fourth-order valence-electron chi connectivity index (χ4n) is 1.84. The van der Waals surface area contributed by atoms with Crippen molar-refractivity contribution in [3.63, 3.8) is 0 Å². The highest BCUT2D eigenvalue weighted by Crippen LogP contribution is 2.12. The Kier molecular flexibility index (Phi) is 5.51. The zero-order valence-electron chi connectivity index (χ0n) is 12.1. The highest BCUT2D eigenvalue weighted by atomic mass is 16.5. The van der Waals surface area contributed by atoms with Crippen molar-refractivity contribution in [2.75, 3.05) is 13.7 Å². The Hall–Kier alpha value is -1.39. The van der Waals surface area contributed by atoms with Gasteiger partial charge in [0.1, 0.15) is 6.10 Å². The van der Waals surface area contributed by atoms with E-state index in [0.717, 1.165) is 5.56 Å². The van der Waals surface area contributed by atoms with Gasteiger partial charge >= 0.3 is 0 Å². The Labute approximate surface area is 115 Å². The van der Waals surface area contributed by atoms with E-state index in [4.69, 9.17) is 4.74 Å². The van der Waals surface area contributed by atoms with E-state index in [9.17, 15) is 9.90 Å². The Balaban J connectivity index is 2.83. The van der Waals surface area contributed by atoms with Gasteiger partial charge in [-0.3, -0.25) is 4.79 Å². The molecule has 19 heavy (non-hydrogen) atoms. The third-order valence-corrected chi connectivity index (χ3v) is 2.81. The zero-order valence-corrected chi connectivity index (χ0v) is 12.1. The first kappa shape index (κ1) is 15.7. The number of amides is 1. The summed E-state index contributed by atoms with van der Waals surface area (Å²) in [6.45, 7) is 5.84. The molecule has 1 aromatic carbocycles. The van der Waals surface area contributed by atoms with Crippen molar-refractivity contribution in [1.29, 1.82) is 0 Å². The first-order chi connectivity index (χ1) is 8.83. The lowest BCUT2D eigenvalue weighted by molar-refractivity contribution is -0.144. The van der Waals surface area contributed by atoms with Crippen LogP contribution < -0.4 is 0 Å². The van der Waals surface area contributed by atoms with Crippen molar-refractivity contribution in [2.24, 2.45) is 0 Å². The maximum absolute atomic E-state index is 12.2. The molecule has 0 spiro atoms. The molecule has 0 aliphatic rings. The van der Waals surface area contributed by atoms with Gasteiger partial charge in [-0.1, -0.05) is 30.3 Å². The molecule has 0 radical (unpaired) electrons. The molecule has 0 bridgehead atoms. The van der Waals surface area contributed by atoms with Crippen molar-refractivity contribution in [1.82, 2.24) is 4.90 Å². The normalized spacial score (nSPS) is 13.1. The molecule has 0 fully saturated rings. The van der Waals surface area contributed by atoms with Crippen LogP contribution in [0.1, 0.15) is 26.3 Å². The number of benzene rings is 1. The number of hydrogen-bond acceptors (Lipinski definition) is 3. The topological polar surface area (TPSA) is 49.8 Å². The largest absolute Gasteiger partial charge is 0.389 e. The van der Waals surface area contributed by atoms with Crippen molar-refractivity contribution >= 4 is 5.91 Å². The van der Waals surface area contributed by atoms with Crippen LogP contribution in [0.4, 0.5) is 0 Å². The zero-order chi connectivity index (χ0) is 14.5. The molecule has 0 saturated heterocycles. The van der Waals surface area contributed by atoms with Crippen LogP contribution >= 0.6 is 0 Å². The summed E-state index contributed by atoms with van der Waals surface area (Å²) in [7, 11) is 1.51. The van der Waals surface area contributed by atoms with E-state index in [1.165, 1.54) is 7.11 Å². The maximum Gasteiger partial charge on any atom is 0.251 e. The van der Waals surface area contributed by atoms with Gasteiger partial charge in [-0.15, -0.1) is 0 Å². The van der Waals surface area contributed by atoms with Gasteiger partial charge in [0, 0.05) is 20.2 Å². The molecule has 0 aliphatic carbocycles. The van der Waals surface area contributed by atoms with Gasteiger partial charge in [0.05, 0.1) is 5.60 Å². The van der Waals surface area contributed by atoms with E-state index in [1.54, 1.807) is 25.7 Å². The van der Waals surface area contributed by atoms with Crippen molar-refractivity contribution in [3.05, 3.63) is 35.9 Å². The molecule has 1 aromatic rings. The first-order valence-corrected chi connectivity index (χ1v) is 6.41. The Morgan fingerprint density at radius 3 is 2.42 bits per heavy atom. The third-order valence-electron chi connectivity index (χ3n) is 2.81. The summed E-state index contributed by atoms with van der Waals surface area (Å²) in [6.07, 6.45) is -0.508. The average molecular weight is 265 g/mol. The molecule has 4 nitrogen and oxygen atoms in total. The van der Waals surface area contributed by atoms with E-state index in [0.29, 0.717) is 6.54 Å². The molecule has 1 rings (SSSR count). The van der Waals surface area contributed by atoms with Crippen molar-refractivity contribution in [3.8, 4) is 0 Å². The number of nitrogens with zero attached hydrogens (tertiary/aromatic N) is 1. The summed E-state index contributed by atoms with van der Waals surface area (Å²) in [5.41, 5.74) is 0.0983. The van der Waals surface area contributed by atoms with Crippen LogP contribution in [0, 0.1) is 0 Å². The second-order valence-corrected chi connectivity index (χ2v) is 5.37. The monoisotopic (exact) mass is 265 g/mol. The summed E-state index contributed by atoms with van der Waals surface area (Å²) < 4.78 is 5.07. The Bertz CT molecular complexity index is 398. The number of rotatable bonds is 6. The minimum atomic E-state index is -0.933. The second-order valence-electron chi connectivity index (χ2n) is 5.37. The second kappa shape index (κ2) is 6.68. The van der Waals surface area contributed by atoms with Crippen LogP contribution in [0.2, 0.25) is 0 Å². The molecule has 1 atom stereocenters. The number of aliphatic hydroxyl groups is 1. The van der Waals surface area contributed by atoms with Gasteiger partial charge in [-0.05, 0) is 26.3 Å². The highest BCUT2D eigenvalue weighted by Gasteiger charge is 2.26. The van der Waals surface area contributed by atoms with Crippen LogP contribution in [0.25, 0.3) is 0 Å². The number of hydrogen-bond donors (Lipinski definition) is 1. The highest BCUT2D eigenvalue weighted by molar-refractivity contribution is 5.80. The molecular weight excluding hydrogens is 242 g/mol. The first-order valence-electron chi connectivity index (χ1n) is 6.41. The Morgan fingerprint density at radius 1 is 1.37 bits per heavy atom. The SMILES string of the molecule is COC(C)C(=O)N(Cc1ccccc1)CC(C)(C)O. The van der Waals surface area contributed by atoms with E-state index >= 15 is 0 Å². The van der Waals surface area contributed by atoms with E-state index < -0.39 is 11.7 Å². The molecule has 4 heteroatoms. The van der Waals surface area contributed by atoms with Crippen molar-refractivity contribution in [2.45, 2.75) is 39.0 Å². The quantitative estimate of drug-likeness (QED) is 0.853. The van der Waals surface area contributed by atoms with Gasteiger partial charge in [0.25, 0.3) is 5.91 Å². The molecule has 106 valence electrons. The van der Waals surface area contributed by atoms with Crippen LogP contribution in [0.15, 0.2) is 30.3 Å². The fourth-order valence-corrected chi connectivity index (χ4v) is 1.84. The van der Waals surface area contributed by atoms with Gasteiger partial charge in [0.15, 0.2) is 0 Å². The lowest BCUT2D eigenvalue weighted by atomic mass is 10.1. The van der Waals surface area contributed by atoms with Crippen LogP contribution in [0.5, 0.6) is 0 Å². The lowest BCUT2D eigenvalue weighted by Crippen LogP contribution is -2.45. The fraction of sp³-hybridized carbons (Fsp3) is 0.533. The molecule has 1 unspecified atom stereocenters. The maximum atomic E-state index is 12.2. The van der Waals surface area contributed by atoms with Crippen molar-refractivity contribution < 1.29 is 14.6 Å². The van der Waals surface area contributed by atoms with Crippen LogP contribution in [0.3, 0.4) is 0 Å². The Morgan fingerprint density at radius 2 is 1.95 bits per heavy atom. The predicted molar refractivity (Wildman–Crippen MR) is 74.6 cm³/mol. The third kappa shape index (κ3) is 5.41. The molecule has 0 saturated carbocycles.